The molecule has 21 heavy (non-hydrogen) atoms. The number of carbonyl (C=O) groups excluding carboxylic acids is 1. The predicted molar refractivity (Wildman–Crippen MR) is 81.9 cm³/mol. The quantitative estimate of drug-likeness (QED) is 0.924. The second-order valence-electron chi connectivity index (χ2n) is 5.22. The molecule has 5 nitrogen and oxygen atoms in total. The standard InChI is InChI=1S/C15H18N4OS/c1-11-10-21-14(18-11)8-17-15(20)19(13-5-6-13)9-12-4-2-3-7-16-12/h2-4,7,10,13H,5-6,8-9H2,1H3,(H,17,20). The van der Waals surface area contributed by atoms with Gasteiger partial charge in [0.25, 0.3) is 0 Å². The fourth-order valence-corrected chi connectivity index (χ4v) is 2.87. The van der Waals surface area contributed by atoms with E-state index < -0.39 is 0 Å². The number of aromatic nitrogens is 2. The van der Waals surface area contributed by atoms with Crippen LogP contribution in [0.3, 0.4) is 0 Å². The second-order valence-corrected chi connectivity index (χ2v) is 6.16. The molecule has 2 aromatic heterocycles. The van der Waals surface area contributed by atoms with E-state index in [2.05, 4.69) is 15.3 Å². The molecule has 1 aliphatic rings. The first-order valence-electron chi connectivity index (χ1n) is 7.08. The minimum atomic E-state index is -0.0315. The summed E-state index contributed by atoms with van der Waals surface area (Å²) in [6, 6.07) is 6.10. The lowest BCUT2D eigenvalue weighted by molar-refractivity contribution is 0.191. The molecule has 0 atom stereocenters. The zero-order valence-electron chi connectivity index (χ0n) is 12.0. The van der Waals surface area contributed by atoms with Gasteiger partial charge in [-0.1, -0.05) is 6.07 Å². The van der Waals surface area contributed by atoms with Crippen LogP contribution in [0.2, 0.25) is 0 Å². The predicted octanol–water partition coefficient (Wildman–Crippen LogP) is 2.72. The average Bonchev–Trinajstić information content (AvgIpc) is 3.25. The fourth-order valence-electron chi connectivity index (χ4n) is 2.16. The minimum absolute atomic E-state index is 0.0315. The highest BCUT2D eigenvalue weighted by Gasteiger charge is 2.32. The Kier molecular flexibility index (Phi) is 4.15. The highest BCUT2D eigenvalue weighted by Crippen LogP contribution is 2.28. The minimum Gasteiger partial charge on any atom is -0.331 e. The molecular formula is C15H18N4OS. The molecule has 6 heteroatoms. The largest absolute Gasteiger partial charge is 0.331 e. The van der Waals surface area contributed by atoms with Crippen LogP contribution in [-0.4, -0.2) is 26.9 Å². The van der Waals surface area contributed by atoms with E-state index in [1.807, 2.05) is 35.4 Å². The van der Waals surface area contributed by atoms with Crippen LogP contribution in [0, 0.1) is 6.92 Å². The Labute approximate surface area is 128 Å². The molecule has 2 heterocycles. The Morgan fingerprint density at radius 3 is 2.95 bits per heavy atom. The molecule has 0 spiro atoms. The molecule has 3 rings (SSSR count). The van der Waals surface area contributed by atoms with Gasteiger partial charge in [-0.25, -0.2) is 9.78 Å². The number of nitrogens with zero attached hydrogens (tertiary/aromatic N) is 3. The van der Waals surface area contributed by atoms with Gasteiger partial charge in [0.05, 0.1) is 18.8 Å². The molecule has 1 fully saturated rings. The maximum absolute atomic E-state index is 12.4. The molecule has 0 aromatic carbocycles. The van der Waals surface area contributed by atoms with E-state index >= 15 is 0 Å². The molecule has 2 aromatic rings. The molecule has 110 valence electrons. The summed E-state index contributed by atoms with van der Waals surface area (Å²) < 4.78 is 0. The van der Waals surface area contributed by atoms with E-state index in [0.29, 0.717) is 19.1 Å². The summed E-state index contributed by atoms with van der Waals surface area (Å²) in [6.07, 6.45) is 3.92. The Morgan fingerprint density at radius 1 is 1.48 bits per heavy atom. The smallest absolute Gasteiger partial charge is 0.318 e. The van der Waals surface area contributed by atoms with Gasteiger partial charge in [-0.2, -0.15) is 0 Å². The topological polar surface area (TPSA) is 58.1 Å². The van der Waals surface area contributed by atoms with Crippen molar-refractivity contribution >= 4 is 17.4 Å². The van der Waals surface area contributed by atoms with Crippen LogP contribution in [0.5, 0.6) is 0 Å². The Morgan fingerprint density at radius 2 is 2.33 bits per heavy atom. The first-order valence-corrected chi connectivity index (χ1v) is 7.96. The van der Waals surface area contributed by atoms with E-state index in [4.69, 9.17) is 0 Å². The lowest BCUT2D eigenvalue weighted by Gasteiger charge is -2.22. The van der Waals surface area contributed by atoms with Gasteiger partial charge < -0.3 is 10.2 Å². The van der Waals surface area contributed by atoms with Crippen molar-refractivity contribution in [2.45, 2.75) is 38.9 Å². The third kappa shape index (κ3) is 3.78. The molecule has 2 amide bonds. The first-order chi connectivity index (χ1) is 10.2. The molecule has 1 saturated carbocycles. The third-order valence-electron chi connectivity index (χ3n) is 3.36. The number of thiazole rings is 1. The van der Waals surface area contributed by atoms with Crippen molar-refractivity contribution in [1.29, 1.82) is 0 Å². The van der Waals surface area contributed by atoms with Crippen LogP contribution in [-0.2, 0) is 13.1 Å². The van der Waals surface area contributed by atoms with Gasteiger partial charge in [0, 0.05) is 23.3 Å². The summed E-state index contributed by atoms with van der Waals surface area (Å²) in [5, 5.41) is 5.89. The number of amides is 2. The molecule has 1 N–H and O–H groups in total. The van der Waals surface area contributed by atoms with Crippen molar-refractivity contribution < 1.29 is 4.79 Å². The molecular weight excluding hydrogens is 284 g/mol. The van der Waals surface area contributed by atoms with E-state index in [-0.39, 0.29) is 6.03 Å². The molecule has 1 aliphatic carbocycles. The molecule has 0 saturated heterocycles. The van der Waals surface area contributed by atoms with E-state index in [0.717, 1.165) is 29.2 Å². The number of aryl methyl sites for hydroxylation is 1. The zero-order valence-corrected chi connectivity index (χ0v) is 12.8. The van der Waals surface area contributed by atoms with Crippen LogP contribution in [0.4, 0.5) is 4.79 Å². The number of rotatable bonds is 5. The van der Waals surface area contributed by atoms with Crippen molar-refractivity contribution in [3.63, 3.8) is 0 Å². The van der Waals surface area contributed by atoms with Gasteiger partial charge in [-0.15, -0.1) is 11.3 Å². The van der Waals surface area contributed by atoms with Gasteiger partial charge in [0.1, 0.15) is 5.01 Å². The second kappa shape index (κ2) is 6.22. The van der Waals surface area contributed by atoms with Crippen molar-refractivity contribution in [2.75, 3.05) is 0 Å². The number of hydrogen-bond donors (Lipinski definition) is 1. The van der Waals surface area contributed by atoms with Gasteiger partial charge in [0.15, 0.2) is 0 Å². The van der Waals surface area contributed by atoms with Crippen LogP contribution in [0.15, 0.2) is 29.8 Å². The summed E-state index contributed by atoms with van der Waals surface area (Å²) in [6.45, 7) is 3.01. The van der Waals surface area contributed by atoms with Crippen molar-refractivity contribution in [1.82, 2.24) is 20.2 Å². The van der Waals surface area contributed by atoms with Crippen molar-refractivity contribution in [3.8, 4) is 0 Å². The van der Waals surface area contributed by atoms with Crippen molar-refractivity contribution in [3.05, 3.63) is 46.2 Å². The molecule has 0 radical (unpaired) electrons. The Hall–Kier alpha value is -1.95. The maximum Gasteiger partial charge on any atom is 0.318 e. The van der Waals surface area contributed by atoms with Gasteiger partial charge >= 0.3 is 6.03 Å². The Balaban J connectivity index is 1.59. The zero-order chi connectivity index (χ0) is 14.7. The highest BCUT2D eigenvalue weighted by atomic mass is 32.1. The number of nitrogens with one attached hydrogen (secondary N) is 1. The third-order valence-corrected chi connectivity index (χ3v) is 4.33. The Bertz CT molecular complexity index is 609. The SMILES string of the molecule is Cc1csc(CNC(=O)N(Cc2ccccn2)C2CC2)n1. The van der Waals surface area contributed by atoms with Gasteiger partial charge in [0.2, 0.25) is 0 Å². The monoisotopic (exact) mass is 302 g/mol. The lowest BCUT2D eigenvalue weighted by atomic mass is 10.3. The van der Waals surface area contributed by atoms with E-state index in [9.17, 15) is 4.79 Å². The van der Waals surface area contributed by atoms with Crippen LogP contribution < -0.4 is 5.32 Å². The van der Waals surface area contributed by atoms with Crippen LogP contribution in [0.25, 0.3) is 0 Å². The van der Waals surface area contributed by atoms with Gasteiger partial charge in [-0.05, 0) is 31.9 Å². The average molecular weight is 302 g/mol. The molecule has 0 aliphatic heterocycles. The van der Waals surface area contributed by atoms with Crippen LogP contribution in [0.1, 0.15) is 29.2 Å². The normalized spacial score (nSPS) is 14.0. The van der Waals surface area contributed by atoms with E-state index in [1.54, 1.807) is 17.5 Å². The molecule has 0 bridgehead atoms. The lowest BCUT2D eigenvalue weighted by Crippen LogP contribution is -2.40. The number of hydrogen-bond acceptors (Lipinski definition) is 4. The fraction of sp³-hybridized carbons (Fsp3) is 0.400. The number of pyridine rings is 1. The summed E-state index contributed by atoms with van der Waals surface area (Å²) in [4.78, 5) is 22.9. The summed E-state index contributed by atoms with van der Waals surface area (Å²) in [5.74, 6) is 0. The summed E-state index contributed by atoms with van der Waals surface area (Å²) in [5.41, 5.74) is 1.92. The van der Waals surface area contributed by atoms with E-state index in [1.165, 1.54) is 0 Å². The van der Waals surface area contributed by atoms with Gasteiger partial charge in [-0.3, -0.25) is 4.98 Å². The molecule has 0 unspecified atom stereocenters. The number of carbonyl (C=O) groups is 1. The maximum atomic E-state index is 12.4. The highest BCUT2D eigenvalue weighted by molar-refractivity contribution is 7.09. The summed E-state index contributed by atoms with van der Waals surface area (Å²) >= 11 is 1.57. The van der Waals surface area contributed by atoms with Crippen molar-refractivity contribution in [2.24, 2.45) is 0 Å². The first kappa shape index (κ1) is 14.0. The summed E-state index contributed by atoms with van der Waals surface area (Å²) in [7, 11) is 0. The number of urea groups is 1. The van der Waals surface area contributed by atoms with Crippen LogP contribution >= 0.6 is 11.3 Å².